The molecule has 0 spiro atoms. The molecule has 2 heteroatoms. The van der Waals surface area contributed by atoms with Crippen molar-refractivity contribution < 1.29 is 0 Å². The first-order chi connectivity index (χ1) is 11.3. The van der Waals surface area contributed by atoms with Crippen LogP contribution >= 0.6 is 24.0 Å². The summed E-state index contributed by atoms with van der Waals surface area (Å²) in [7, 11) is 0. The van der Waals surface area contributed by atoms with E-state index in [2.05, 4.69) is 66.7 Å². The predicted molar refractivity (Wildman–Crippen MR) is 109 cm³/mol. The summed E-state index contributed by atoms with van der Waals surface area (Å²) in [6, 6.07) is 27.9. The molecule has 0 fully saturated rings. The number of halogens is 2. The van der Waals surface area contributed by atoms with Crippen molar-refractivity contribution in [2.75, 3.05) is 0 Å². The van der Waals surface area contributed by atoms with Gasteiger partial charge in [-0.2, -0.15) is 0 Å². The largest absolute Gasteiger partial charge is 0.147 e. The van der Waals surface area contributed by atoms with Gasteiger partial charge >= 0.3 is 0 Å². The molecule has 5 aromatic carbocycles. The summed E-state index contributed by atoms with van der Waals surface area (Å²) in [6.07, 6.45) is 0. The topological polar surface area (TPSA) is 0 Å². The zero-order valence-corrected chi connectivity index (χ0v) is 14.4. The first-order valence-electron chi connectivity index (χ1n) is 7.74. The van der Waals surface area contributed by atoms with E-state index < -0.39 is 0 Å². The first-order valence-corrected chi connectivity index (χ1v) is 8.12. The monoisotopic (exact) mass is 348 g/mol. The van der Waals surface area contributed by atoms with Crippen LogP contribution in [0.2, 0.25) is 5.02 Å². The molecular formula is C22H14Cl2. The van der Waals surface area contributed by atoms with Crippen LogP contribution in [-0.2, 0) is 0 Å². The van der Waals surface area contributed by atoms with Crippen LogP contribution in [0.1, 0.15) is 0 Å². The molecule has 0 bridgehead atoms. The Kier molecular flexibility index (Phi) is 3.60. The van der Waals surface area contributed by atoms with Gasteiger partial charge in [-0.3, -0.25) is 0 Å². The highest BCUT2D eigenvalue weighted by Gasteiger charge is 2.08. The second kappa shape index (κ2) is 5.66. The van der Waals surface area contributed by atoms with Gasteiger partial charge in [0.1, 0.15) is 0 Å². The predicted octanol–water partition coefficient (Wildman–Crippen LogP) is 7.37. The summed E-state index contributed by atoms with van der Waals surface area (Å²) in [5, 5.41) is 10.9. The van der Waals surface area contributed by atoms with Crippen LogP contribution in [0.3, 0.4) is 0 Å². The number of rotatable bonds is 0. The average molecular weight is 349 g/mol. The summed E-state index contributed by atoms with van der Waals surface area (Å²) in [5.74, 6) is 0. The van der Waals surface area contributed by atoms with Crippen molar-refractivity contribution in [2.45, 2.75) is 0 Å². The molecule has 0 atom stereocenters. The second-order valence-corrected chi connectivity index (χ2v) is 6.35. The highest BCUT2D eigenvalue weighted by molar-refractivity contribution is 6.37. The van der Waals surface area contributed by atoms with Gasteiger partial charge in [0.25, 0.3) is 0 Å². The minimum Gasteiger partial charge on any atom is -0.147 e. The normalized spacial score (nSPS) is 11.2. The Balaban J connectivity index is 0.00000146. The van der Waals surface area contributed by atoms with Crippen LogP contribution in [0, 0.1) is 0 Å². The summed E-state index contributed by atoms with van der Waals surface area (Å²) < 4.78 is 0. The molecule has 0 aliphatic rings. The van der Waals surface area contributed by atoms with Gasteiger partial charge in [0, 0.05) is 10.4 Å². The van der Waals surface area contributed by atoms with Crippen molar-refractivity contribution in [2.24, 2.45) is 0 Å². The molecule has 5 aromatic rings. The van der Waals surface area contributed by atoms with Crippen LogP contribution in [0.25, 0.3) is 43.1 Å². The molecular weight excluding hydrogens is 335 g/mol. The molecule has 116 valence electrons. The Morgan fingerprint density at radius 1 is 0.417 bits per heavy atom. The summed E-state index contributed by atoms with van der Waals surface area (Å²) in [5.41, 5.74) is 0. The zero-order chi connectivity index (χ0) is 15.4. The van der Waals surface area contributed by atoms with Crippen molar-refractivity contribution in [1.29, 1.82) is 0 Å². The van der Waals surface area contributed by atoms with Crippen LogP contribution in [0.15, 0.2) is 78.9 Å². The van der Waals surface area contributed by atoms with E-state index in [-0.39, 0.29) is 12.4 Å². The van der Waals surface area contributed by atoms with Crippen LogP contribution in [0.5, 0.6) is 0 Å². The van der Waals surface area contributed by atoms with Crippen LogP contribution < -0.4 is 0 Å². The Labute approximate surface area is 151 Å². The van der Waals surface area contributed by atoms with Crippen LogP contribution in [-0.4, -0.2) is 0 Å². The molecule has 24 heavy (non-hydrogen) atoms. The molecule has 0 radical (unpaired) electrons. The van der Waals surface area contributed by atoms with Gasteiger partial charge < -0.3 is 0 Å². The highest BCUT2D eigenvalue weighted by Crippen LogP contribution is 2.36. The SMILES string of the molecule is Cl.Clc1cccc2c1ccc1c2ccc2c3ccccc3ccc21. The van der Waals surface area contributed by atoms with E-state index in [9.17, 15) is 0 Å². The standard InChI is InChI=1S/C22H13Cl.ClH/c23-22-7-3-6-16-19-11-10-17-15-5-2-1-4-14(15)8-9-18(17)20(19)12-13-21(16)22;/h1-13H;1H. The molecule has 0 saturated carbocycles. The van der Waals surface area contributed by atoms with E-state index in [0.717, 1.165) is 10.4 Å². The molecule has 0 aliphatic heterocycles. The smallest absolute Gasteiger partial charge is 0.0484 e. The lowest BCUT2D eigenvalue weighted by atomic mass is 9.94. The maximum Gasteiger partial charge on any atom is 0.0484 e. The molecule has 0 aliphatic carbocycles. The Hall–Kier alpha value is -2.28. The molecule has 0 aromatic heterocycles. The fourth-order valence-electron chi connectivity index (χ4n) is 3.63. The van der Waals surface area contributed by atoms with Crippen molar-refractivity contribution in [1.82, 2.24) is 0 Å². The van der Waals surface area contributed by atoms with Crippen molar-refractivity contribution in [3.63, 3.8) is 0 Å². The second-order valence-electron chi connectivity index (χ2n) is 5.94. The first kappa shape index (κ1) is 15.3. The molecule has 5 rings (SSSR count). The number of benzene rings is 5. The highest BCUT2D eigenvalue weighted by atomic mass is 35.5. The fourth-order valence-corrected chi connectivity index (χ4v) is 3.87. The Morgan fingerprint density at radius 3 is 1.67 bits per heavy atom. The molecule has 0 heterocycles. The van der Waals surface area contributed by atoms with E-state index >= 15 is 0 Å². The van der Waals surface area contributed by atoms with Gasteiger partial charge in [0.15, 0.2) is 0 Å². The van der Waals surface area contributed by atoms with Crippen molar-refractivity contribution in [3.05, 3.63) is 83.9 Å². The third kappa shape index (κ3) is 2.07. The molecule has 0 unspecified atom stereocenters. The number of hydrogen-bond acceptors (Lipinski definition) is 0. The van der Waals surface area contributed by atoms with E-state index in [4.69, 9.17) is 11.6 Å². The van der Waals surface area contributed by atoms with E-state index in [0.29, 0.717) is 0 Å². The van der Waals surface area contributed by atoms with Gasteiger partial charge in [-0.15, -0.1) is 12.4 Å². The summed E-state index contributed by atoms with van der Waals surface area (Å²) in [6.45, 7) is 0. The molecule has 0 amide bonds. The number of fused-ring (bicyclic) bond motifs is 7. The zero-order valence-electron chi connectivity index (χ0n) is 12.8. The maximum absolute atomic E-state index is 6.35. The van der Waals surface area contributed by atoms with Crippen LogP contribution in [0.4, 0.5) is 0 Å². The van der Waals surface area contributed by atoms with E-state index in [1.807, 2.05) is 12.1 Å². The summed E-state index contributed by atoms with van der Waals surface area (Å²) in [4.78, 5) is 0. The minimum absolute atomic E-state index is 0. The maximum atomic E-state index is 6.35. The Bertz CT molecular complexity index is 1220. The van der Waals surface area contributed by atoms with Gasteiger partial charge in [-0.1, -0.05) is 84.4 Å². The van der Waals surface area contributed by atoms with Crippen molar-refractivity contribution in [3.8, 4) is 0 Å². The minimum atomic E-state index is 0. The number of hydrogen-bond donors (Lipinski definition) is 0. The molecule has 0 N–H and O–H groups in total. The molecule has 0 saturated heterocycles. The lowest BCUT2D eigenvalue weighted by Crippen LogP contribution is -1.83. The van der Waals surface area contributed by atoms with Crippen molar-refractivity contribution >= 4 is 67.1 Å². The van der Waals surface area contributed by atoms with Gasteiger partial charge in [-0.05, 0) is 43.8 Å². The third-order valence-corrected chi connectivity index (χ3v) is 5.06. The van der Waals surface area contributed by atoms with Gasteiger partial charge in [0.05, 0.1) is 0 Å². The summed E-state index contributed by atoms with van der Waals surface area (Å²) >= 11 is 6.35. The van der Waals surface area contributed by atoms with Gasteiger partial charge in [0.2, 0.25) is 0 Å². The lowest BCUT2D eigenvalue weighted by Gasteiger charge is -2.10. The Morgan fingerprint density at radius 2 is 0.917 bits per heavy atom. The van der Waals surface area contributed by atoms with Gasteiger partial charge in [-0.25, -0.2) is 0 Å². The van der Waals surface area contributed by atoms with E-state index in [1.165, 1.54) is 37.7 Å². The quantitative estimate of drug-likeness (QED) is 0.256. The lowest BCUT2D eigenvalue weighted by molar-refractivity contribution is 1.77. The fraction of sp³-hybridized carbons (Fsp3) is 0. The third-order valence-electron chi connectivity index (χ3n) is 4.73. The molecule has 0 nitrogen and oxygen atoms in total. The average Bonchev–Trinajstić information content (AvgIpc) is 2.61. The van der Waals surface area contributed by atoms with E-state index in [1.54, 1.807) is 0 Å².